The van der Waals surface area contributed by atoms with Gasteiger partial charge in [0, 0.05) is 17.4 Å². The highest BCUT2D eigenvalue weighted by Gasteiger charge is 2.07. The molecule has 0 amide bonds. The lowest BCUT2D eigenvalue weighted by Crippen LogP contribution is -2.13. The lowest BCUT2D eigenvalue weighted by Gasteiger charge is -2.03. The number of hydrogen-bond acceptors (Lipinski definition) is 3. The molecule has 0 aliphatic heterocycles. The van der Waals surface area contributed by atoms with Crippen molar-refractivity contribution in [3.05, 3.63) is 46.3 Å². The third kappa shape index (κ3) is 2.07. The van der Waals surface area contributed by atoms with Crippen molar-refractivity contribution in [2.45, 2.75) is 19.4 Å². The van der Waals surface area contributed by atoms with Gasteiger partial charge in [-0.15, -0.1) is 0 Å². The molecule has 0 bridgehead atoms. The Bertz CT molecular complexity index is 526. The molecule has 3 nitrogen and oxygen atoms in total. The Balaban J connectivity index is 2.57. The minimum absolute atomic E-state index is 0.327. The summed E-state index contributed by atoms with van der Waals surface area (Å²) < 4.78 is 5.13. The molecule has 0 saturated carbocycles. The van der Waals surface area contributed by atoms with Gasteiger partial charge in [0.1, 0.15) is 5.58 Å². The Morgan fingerprint density at radius 3 is 2.87 bits per heavy atom. The van der Waals surface area contributed by atoms with Gasteiger partial charge in [-0.3, -0.25) is 0 Å². The van der Waals surface area contributed by atoms with Crippen LogP contribution in [0.1, 0.15) is 12.5 Å². The summed E-state index contributed by atoms with van der Waals surface area (Å²) >= 11 is 0. The quantitative estimate of drug-likeness (QED) is 0.758. The molecule has 0 radical (unpaired) electrons. The maximum absolute atomic E-state index is 11.5. The average molecular weight is 204 g/mol. The SMILES string of the molecule is CC(O)Cc1cc2ccccc2oc1=O. The van der Waals surface area contributed by atoms with Gasteiger partial charge in [-0.1, -0.05) is 18.2 Å². The molecule has 0 saturated heterocycles. The Hall–Kier alpha value is -1.61. The summed E-state index contributed by atoms with van der Waals surface area (Å²) in [5, 5.41) is 10.1. The van der Waals surface area contributed by atoms with Crippen LogP contribution >= 0.6 is 0 Å². The van der Waals surface area contributed by atoms with Gasteiger partial charge in [-0.25, -0.2) is 4.79 Å². The first kappa shape index (κ1) is 9.93. The van der Waals surface area contributed by atoms with Crippen LogP contribution in [0.25, 0.3) is 11.0 Å². The van der Waals surface area contributed by atoms with Gasteiger partial charge in [0.2, 0.25) is 0 Å². The van der Waals surface area contributed by atoms with Gasteiger partial charge in [0.15, 0.2) is 0 Å². The molecular formula is C12H12O3. The predicted molar refractivity (Wildman–Crippen MR) is 57.9 cm³/mol. The van der Waals surface area contributed by atoms with E-state index in [4.69, 9.17) is 4.42 Å². The summed E-state index contributed by atoms with van der Waals surface area (Å²) in [4.78, 5) is 11.5. The molecule has 0 aliphatic rings. The highest BCUT2D eigenvalue weighted by atomic mass is 16.4. The molecule has 2 rings (SSSR count). The Kier molecular flexibility index (Phi) is 2.56. The maximum Gasteiger partial charge on any atom is 0.339 e. The largest absolute Gasteiger partial charge is 0.423 e. The van der Waals surface area contributed by atoms with Crippen molar-refractivity contribution in [3.63, 3.8) is 0 Å². The van der Waals surface area contributed by atoms with E-state index in [2.05, 4.69) is 0 Å². The molecule has 1 atom stereocenters. The van der Waals surface area contributed by atoms with Gasteiger partial charge in [0.05, 0.1) is 6.10 Å². The number of rotatable bonds is 2. The van der Waals surface area contributed by atoms with Crippen LogP contribution in [-0.4, -0.2) is 11.2 Å². The van der Waals surface area contributed by atoms with Crippen LogP contribution in [0.5, 0.6) is 0 Å². The fourth-order valence-corrected chi connectivity index (χ4v) is 1.57. The van der Waals surface area contributed by atoms with Crippen molar-refractivity contribution in [3.8, 4) is 0 Å². The number of para-hydroxylation sites is 1. The molecule has 0 aliphatic carbocycles. The van der Waals surface area contributed by atoms with E-state index in [1.165, 1.54) is 0 Å². The first-order chi connectivity index (χ1) is 7.16. The number of benzene rings is 1. The minimum atomic E-state index is -0.533. The van der Waals surface area contributed by atoms with Gasteiger partial charge in [0.25, 0.3) is 0 Å². The second-order valence-corrected chi connectivity index (χ2v) is 3.65. The van der Waals surface area contributed by atoms with Crippen LogP contribution < -0.4 is 5.63 Å². The third-order valence-corrected chi connectivity index (χ3v) is 2.23. The highest BCUT2D eigenvalue weighted by Crippen LogP contribution is 2.13. The van der Waals surface area contributed by atoms with Gasteiger partial charge >= 0.3 is 5.63 Å². The normalized spacial score (nSPS) is 12.9. The van der Waals surface area contributed by atoms with Crippen LogP contribution in [0, 0.1) is 0 Å². The van der Waals surface area contributed by atoms with E-state index < -0.39 is 6.10 Å². The Morgan fingerprint density at radius 2 is 2.13 bits per heavy atom. The van der Waals surface area contributed by atoms with E-state index in [0.717, 1.165) is 5.39 Å². The van der Waals surface area contributed by atoms with Gasteiger partial charge < -0.3 is 9.52 Å². The van der Waals surface area contributed by atoms with Gasteiger partial charge in [-0.05, 0) is 19.1 Å². The molecule has 1 aromatic heterocycles. The second-order valence-electron chi connectivity index (χ2n) is 3.65. The lowest BCUT2D eigenvalue weighted by atomic mass is 10.1. The second kappa shape index (κ2) is 3.87. The zero-order valence-corrected chi connectivity index (χ0v) is 8.43. The van der Waals surface area contributed by atoms with Crippen LogP contribution in [0.4, 0.5) is 0 Å². The minimum Gasteiger partial charge on any atom is -0.423 e. The van der Waals surface area contributed by atoms with Crippen molar-refractivity contribution < 1.29 is 9.52 Å². The lowest BCUT2D eigenvalue weighted by molar-refractivity contribution is 0.194. The highest BCUT2D eigenvalue weighted by molar-refractivity contribution is 5.76. The maximum atomic E-state index is 11.5. The standard InChI is InChI=1S/C12H12O3/c1-8(13)6-10-7-9-4-2-3-5-11(9)15-12(10)14/h2-5,7-8,13H,6H2,1H3. The molecular weight excluding hydrogens is 192 g/mol. The zero-order valence-electron chi connectivity index (χ0n) is 8.43. The van der Waals surface area contributed by atoms with E-state index in [-0.39, 0.29) is 5.63 Å². The van der Waals surface area contributed by atoms with Gasteiger partial charge in [-0.2, -0.15) is 0 Å². The number of aliphatic hydroxyl groups is 1. The van der Waals surface area contributed by atoms with E-state index in [1.807, 2.05) is 18.2 Å². The third-order valence-electron chi connectivity index (χ3n) is 2.23. The van der Waals surface area contributed by atoms with Crippen LogP contribution in [0.2, 0.25) is 0 Å². The summed E-state index contributed by atoms with van der Waals surface area (Å²) in [6.45, 7) is 1.65. The average Bonchev–Trinajstić information content (AvgIpc) is 2.18. The van der Waals surface area contributed by atoms with E-state index in [1.54, 1.807) is 19.1 Å². The van der Waals surface area contributed by atoms with Crippen LogP contribution in [0.15, 0.2) is 39.5 Å². The molecule has 1 heterocycles. The first-order valence-corrected chi connectivity index (χ1v) is 4.86. The topological polar surface area (TPSA) is 50.4 Å². The summed E-state index contributed by atoms with van der Waals surface area (Å²) in [7, 11) is 0. The van der Waals surface area contributed by atoms with Crippen molar-refractivity contribution in [1.82, 2.24) is 0 Å². The monoisotopic (exact) mass is 204 g/mol. The molecule has 0 spiro atoms. The predicted octanol–water partition coefficient (Wildman–Crippen LogP) is 1.72. The van der Waals surface area contributed by atoms with E-state index in [9.17, 15) is 9.90 Å². The number of hydrogen-bond donors (Lipinski definition) is 1. The van der Waals surface area contributed by atoms with E-state index >= 15 is 0 Å². The Labute approximate surface area is 87.0 Å². The van der Waals surface area contributed by atoms with Crippen molar-refractivity contribution >= 4 is 11.0 Å². The smallest absolute Gasteiger partial charge is 0.339 e. The molecule has 78 valence electrons. The van der Waals surface area contributed by atoms with Crippen molar-refractivity contribution in [1.29, 1.82) is 0 Å². The van der Waals surface area contributed by atoms with Crippen molar-refractivity contribution in [2.24, 2.45) is 0 Å². The summed E-state index contributed by atoms with van der Waals surface area (Å²) in [5.74, 6) is 0. The fraction of sp³-hybridized carbons (Fsp3) is 0.250. The zero-order chi connectivity index (χ0) is 10.8. The molecule has 3 heteroatoms. The van der Waals surface area contributed by atoms with Crippen LogP contribution in [0.3, 0.4) is 0 Å². The first-order valence-electron chi connectivity index (χ1n) is 4.86. The summed E-state index contributed by atoms with van der Waals surface area (Å²) in [6.07, 6.45) is -0.207. The molecule has 0 fully saturated rings. The van der Waals surface area contributed by atoms with Crippen LogP contribution in [-0.2, 0) is 6.42 Å². The summed E-state index contributed by atoms with van der Waals surface area (Å²) in [6, 6.07) is 9.11. The Morgan fingerprint density at radius 1 is 1.40 bits per heavy atom. The molecule has 1 unspecified atom stereocenters. The molecule has 15 heavy (non-hydrogen) atoms. The molecule has 2 aromatic rings. The van der Waals surface area contributed by atoms with E-state index in [0.29, 0.717) is 17.6 Å². The fourth-order valence-electron chi connectivity index (χ4n) is 1.57. The number of fused-ring (bicyclic) bond motifs is 1. The molecule has 1 aromatic carbocycles. The molecule has 1 N–H and O–H groups in total. The summed E-state index contributed by atoms with van der Waals surface area (Å²) in [5.41, 5.74) is 0.732. The number of aliphatic hydroxyl groups excluding tert-OH is 1. The van der Waals surface area contributed by atoms with Crippen molar-refractivity contribution in [2.75, 3.05) is 0 Å².